The molecule has 1 aliphatic heterocycles. The molecule has 3 aromatic rings. The van der Waals surface area contributed by atoms with E-state index in [2.05, 4.69) is 15.3 Å². The van der Waals surface area contributed by atoms with Gasteiger partial charge in [0.2, 0.25) is 5.91 Å². The predicted octanol–water partition coefficient (Wildman–Crippen LogP) is 5.75. The summed E-state index contributed by atoms with van der Waals surface area (Å²) in [6.45, 7) is 3.04. The van der Waals surface area contributed by atoms with Gasteiger partial charge in [0.15, 0.2) is 0 Å². The number of pyridine rings is 2. The van der Waals surface area contributed by atoms with Crippen LogP contribution in [0.1, 0.15) is 24.1 Å². The molecule has 154 valence electrons. The fourth-order valence-electron chi connectivity index (χ4n) is 3.23. The summed E-state index contributed by atoms with van der Waals surface area (Å²) in [6.07, 6.45) is 4.68. The summed E-state index contributed by atoms with van der Waals surface area (Å²) in [7, 11) is 0. The molecule has 6 nitrogen and oxygen atoms in total. The van der Waals surface area contributed by atoms with Crippen molar-refractivity contribution in [2.24, 2.45) is 0 Å². The smallest absolute Gasteiger partial charge is 0.222 e. The molecule has 0 radical (unpaired) electrons. The van der Waals surface area contributed by atoms with E-state index in [0.29, 0.717) is 40.3 Å². The number of ether oxygens (including phenoxy) is 1. The van der Waals surface area contributed by atoms with Crippen molar-refractivity contribution in [2.45, 2.75) is 26.3 Å². The third kappa shape index (κ3) is 4.83. The lowest BCUT2D eigenvalue weighted by molar-refractivity contribution is -0.128. The van der Waals surface area contributed by atoms with E-state index in [0.717, 1.165) is 29.9 Å². The zero-order valence-electron chi connectivity index (χ0n) is 16.4. The number of hydrogen-bond acceptors (Lipinski definition) is 5. The highest BCUT2D eigenvalue weighted by atomic mass is 35.5. The van der Waals surface area contributed by atoms with Crippen LogP contribution in [0.15, 0.2) is 48.8 Å². The van der Waals surface area contributed by atoms with Gasteiger partial charge < -0.3 is 15.0 Å². The lowest BCUT2D eigenvalue weighted by Gasteiger charge is -2.19. The maximum absolute atomic E-state index is 12.2. The van der Waals surface area contributed by atoms with Crippen molar-refractivity contribution in [1.82, 2.24) is 14.9 Å². The fourth-order valence-corrected chi connectivity index (χ4v) is 3.49. The summed E-state index contributed by atoms with van der Waals surface area (Å²) in [4.78, 5) is 22.5. The highest BCUT2D eigenvalue weighted by Crippen LogP contribution is 2.32. The van der Waals surface area contributed by atoms with Crippen molar-refractivity contribution >= 4 is 40.6 Å². The predicted molar refractivity (Wildman–Crippen MR) is 118 cm³/mol. The van der Waals surface area contributed by atoms with Gasteiger partial charge in [0, 0.05) is 43.0 Å². The maximum Gasteiger partial charge on any atom is 0.222 e. The number of nitrogens with zero attached hydrogens (tertiary/aromatic N) is 3. The monoisotopic (exact) mass is 442 g/mol. The largest absolute Gasteiger partial charge is 0.455 e. The first-order valence-corrected chi connectivity index (χ1v) is 10.3. The van der Waals surface area contributed by atoms with E-state index in [9.17, 15) is 4.79 Å². The zero-order valence-corrected chi connectivity index (χ0v) is 17.9. The minimum atomic E-state index is 0.152. The molecule has 1 aliphatic rings. The topological polar surface area (TPSA) is 67.3 Å². The summed E-state index contributed by atoms with van der Waals surface area (Å²) in [5, 5.41) is 4.36. The van der Waals surface area contributed by atoms with Crippen molar-refractivity contribution in [3.8, 4) is 11.5 Å². The Balaban J connectivity index is 1.62. The van der Waals surface area contributed by atoms with E-state index >= 15 is 0 Å². The molecule has 8 heteroatoms. The van der Waals surface area contributed by atoms with E-state index in [1.165, 1.54) is 0 Å². The molecule has 0 aliphatic carbocycles. The van der Waals surface area contributed by atoms with E-state index < -0.39 is 0 Å². The number of benzene rings is 1. The van der Waals surface area contributed by atoms with Gasteiger partial charge in [-0.2, -0.15) is 0 Å². The molecule has 1 N–H and O–H groups in total. The number of amides is 1. The van der Waals surface area contributed by atoms with Crippen LogP contribution in [0.4, 0.5) is 11.5 Å². The van der Waals surface area contributed by atoms with Crippen LogP contribution in [-0.4, -0.2) is 27.3 Å². The SMILES string of the molecule is Cc1ncc(Oc2ccc(Nc3ccc(Cl)cn3)cc2CN2CCCC2=O)cc1Cl. The molecule has 0 atom stereocenters. The van der Waals surface area contributed by atoms with E-state index in [1.807, 2.05) is 30.0 Å². The minimum absolute atomic E-state index is 0.152. The second-order valence-corrected chi connectivity index (χ2v) is 7.91. The molecule has 0 unspecified atom stereocenters. The second-order valence-electron chi connectivity index (χ2n) is 7.07. The van der Waals surface area contributed by atoms with Crippen LogP contribution in [0.2, 0.25) is 10.0 Å². The van der Waals surface area contributed by atoms with Gasteiger partial charge in [-0.1, -0.05) is 23.2 Å². The number of carbonyl (C=O) groups excluding carboxylic acids is 1. The minimum Gasteiger partial charge on any atom is -0.455 e. The van der Waals surface area contributed by atoms with Crippen LogP contribution in [0.25, 0.3) is 0 Å². The molecule has 1 amide bonds. The molecule has 0 saturated carbocycles. The molecular weight excluding hydrogens is 423 g/mol. The Morgan fingerprint density at radius 1 is 1.13 bits per heavy atom. The maximum atomic E-state index is 12.2. The first kappa shape index (κ1) is 20.4. The molecule has 3 heterocycles. The number of likely N-dealkylation sites (tertiary alicyclic amines) is 1. The van der Waals surface area contributed by atoms with Gasteiger partial charge in [-0.25, -0.2) is 4.98 Å². The van der Waals surface area contributed by atoms with Crippen LogP contribution < -0.4 is 10.1 Å². The zero-order chi connectivity index (χ0) is 21.1. The molecule has 0 spiro atoms. The Morgan fingerprint density at radius 2 is 2.00 bits per heavy atom. The Labute approximate surface area is 184 Å². The van der Waals surface area contributed by atoms with Crippen molar-refractivity contribution in [3.63, 3.8) is 0 Å². The van der Waals surface area contributed by atoms with Gasteiger partial charge in [-0.15, -0.1) is 0 Å². The van der Waals surface area contributed by atoms with E-state index in [1.54, 1.807) is 30.6 Å². The van der Waals surface area contributed by atoms with Gasteiger partial charge in [0.05, 0.1) is 21.9 Å². The van der Waals surface area contributed by atoms with Gasteiger partial charge in [-0.05, 0) is 43.7 Å². The summed E-state index contributed by atoms with van der Waals surface area (Å²) in [5.74, 6) is 2.01. The van der Waals surface area contributed by atoms with Gasteiger partial charge in [0.1, 0.15) is 17.3 Å². The third-order valence-electron chi connectivity index (χ3n) is 4.82. The molecule has 30 heavy (non-hydrogen) atoms. The molecule has 4 rings (SSSR count). The van der Waals surface area contributed by atoms with Crippen LogP contribution in [-0.2, 0) is 11.3 Å². The normalized spacial score (nSPS) is 13.6. The Kier molecular flexibility index (Phi) is 6.06. The third-order valence-corrected chi connectivity index (χ3v) is 5.43. The Bertz CT molecular complexity index is 1070. The highest BCUT2D eigenvalue weighted by molar-refractivity contribution is 6.31. The summed E-state index contributed by atoms with van der Waals surface area (Å²) >= 11 is 12.1. The highest BCUT2D eigenvalue weighted by Gasteiger charge is 2.22. The first-order chi connectivity index (χ1) is 14.5. The number of nitrogens with one attached hydrogen (secondary N) is 1. The average Bonchev–Trinajstić information content (AvgIpc) is 3.13. The number of aromatic nitrogens is 2. The lowest BCUT2D eigenvalue weighted by Crippen LogP contribution is -2.24. The second kappa shape index (κ2) is 8.90. The fraction of sp³-hybridized carbons (Fsp3) is 0.227. The van der Waals surface area contributed by atoms with Crippen molar-refractivity contribution < 1.29 is 9.53 Å². The summed E-state index contributed by atoms with van der Waals surface area (Å²) in [5.41, 5.74) is 2.45. The van der Waals surface area contributed by atoms with Gasteiger partial charge in [0.25, 0.3) is 0 Å². The summed E-state index contributed by atoms with van der Waals surface area (Å²) in [6, 6.07) is 11.0. The van der Waals surface area contributed by atoms with Crippen LogP contribution in [0.5, 0.6) is 11.5 Å². The standard InChI is InChI=1S/C22H20Cl2N4O2/c1-14-19(24)10-18(12-25-14)30-20-6-5-17(27-21-7-4-16(23)11-26-21)9-15(20)13-28-8-2-3-22(28)29/h4-7,9-12H,2-3,8,13H2,1H3,(H,26,27). The number of rotatable bonds is 6. The molecule has 2 aromatic heterocycles. The molecule has 1 aromatic carbocycles. The van der Waals surface area contributed by atoms with Gasteiger partial charge in [-0.3, -0.25) is 9.78 Å². The van der Waals surface area contributed by atoms with Crippen LogP contribution in [0, 0.1) is 6.92 Å². The first-order valence-electron chi connectivity index (χ1n) is 9.57. The Hall–Kier alpha value is -2.83. The number of aryl methyl sites for hydroxylation is 1. The van der Waals surface area contributed by atoms with Crippen molar-refractivity contribution in [1.29, 1.82) is 0 Å². The summed E-state index contributed by atoms with van der Waals surface area (Å²) < 4.78 is 6.07. The molecule has 1 saturated heterocycles. The van der Waals surface area contributed by atoms with Crippen LogP contribution >= 0.6 is 23.2 Å². The van der Waals surface area contributed by atoms with Crippen molar-refractivity contribution in [2.75, 3.05) is 11.9 Å². The van der Waals surface area contributed by atoms with E-state index in [4.69, 9.17) is 27.9 Å². The number of hydrogen-bond donors (Lipinski definition) is 1. The van der Waals surface area contributed by atoms with E-state index in [-0.39, 0.29) is 5.91 Å². The number of halogens is 2. The number of anilines is 2. The molecule has 0 bridgehead atoms. The van der Waals surface area contributed by atoms with Crippen LogP contribution in [0.3, 0.4) is 0 Å². The number of carbonyl (C=O) groups is 1. The lowest BCUT2D eigenvalue weighted by atomic mass is 10.1. The quantitative estimate of drug-likeness (QED) is 0.526. The average molecular weight is 443 g/mol. The van der Waals surface area contributed by atoms with Gasteiger partial charge >= 0.3 is 0 Å². The van der Waals surface area contributed by atoms with Crippen molar-refractivity contribution in [3.05, 3.63) is 70.1 Å². The Morgan fingerprint density at radius 3 is 2.70 bits per heavy atom. The molecular formula is C22H20Cl2N4O2. The molecule has 1 fully saturated rings.